The Bertz CT molecular complexity index is 390. The number of hydrogen-bond donors (Lipinski definition) is 0. The van der Waals surface area contributed by atoms with E-state index in [1.54, 1.807) is 11.8 Å². The maximum atomic E-state index is 11.3. The second-order valence-corrected chi connectivity index (χ2v) is 5.25. The summed E-state index contributed by atoms with van der Waals surface area (Å²) in [6.45, 7) is 4.15. The van der Waals surface area contributed by atoms with Crippen LogP contribution in [0.15, 0.2) is 46.7 Å². The van der Waals surface area contributed by atoms with Crippen LogP contribution in [-0.2, 0) is 4.74 Å². The van der Waals surface area contributed by atoms with Crippen LogP contribution in [0.25, 0.3) is 0 Å². The molecule has 1 aromatic carbocycles. The summed E-state index contributed by atoms with van der Waals surface area (Å²) < 4.78 is 5.11. The zero-order valence-corrected chi connectivity index (χ0v) is 11.3. The molecule has 0 aliphatic carbocycles. The van der Waals surface area contributed by atoms with E-state index in [1.165, 1.54) is 4.90 Å². The van der Waals surface area contributed by atoms with E-state index >= 15 is 0 Å². The molecule has 1 aromatic rings. The average Bonchev–Trinajstić information content (AvgIpc) is 2.27. The van der Waals surface area contributed by atoms with E-state index in [0.29, 0.717) is 5.92 Å². The molecule has 2 nitrogen and oxygen atoms in total. The van der Waals surface area contributed by atoms with Gasteiger partial charge in [0.25, 0.3) is 0 Å². The van der Waals surface area contributed by atoms with Crippen LogP contribution in [0.3, 0.4) is 0 Å². The SMILES string of the molecule is CC(C)C1OC([O-])=C1CSc1ccccc1.[Li+]. The van der Waals surface area contributed by atoms with Crippen molar-refractivity contribution < 1.29 is 28.7 Å². The van der Waals surface area contributed by atoms with Gasteiger partial charge in [-0.15, -0.1) is 11.8 Å². The van der Waals surface area contributed by atoms with Crippen molar-refractivity contribution in [1.82, 2.24) is 0 Å². The molecule has 0 fully saturated rings. The summed E-state index contributed by atoms with van der Waals surface area (Å²) in [4.78, 5) is 1.19. The van der Waals surface area contributed by atoms with Crippen molar-refractivity contribution in [2.45, 2.75) is 24.8 Å². The largest absolute Gasteiger partial charge is 1.00 e. The van der Waals surface area contributed by atoms with Crippen molar-refractivity contribution in [1.29, 1.82) is 0 Å². The molecule has 2 rings (SSSR count). The van der Waals surface area contributed by atoms with Crippen LogP contribution in [0, 0.1) is 5.92 Å². The number of rotatable bonds is 4. The van der Waals surface area contributed by atoms with Crippen LogP contribution < -0.4 is 24.0 Å². The maximum Gasteiger partial charge on any atom is 1.00 e. The molecule has 0 aromatic heterocycles. The van der Waals surface area contributed by atoms with Crippen molar-refractivity contribution >= 4 is 11.8 Å². The Morgan fingerprint density at radius 3 is 2.47 bits per heavy atom. The van der Waals surface area contributed by atoms with Gasteiger partial charge in [-0.1, -0.05) is 32.0 Å². The molecular weight excluding hydrogens is 227 g/mol. The summed E-state index contributed by atoms with van der Waals surface area (Å²) in [5.74, 6) is 0.998. The molecular formula is C13H15LiO2S. The van der Waals surface area contributed by atoms with Gasteiger partial charge in [0.1, 0.15) is 0 Å². The summed E-state index contributed by atoms with van der Waals surface area (Å²) in [6.07, 6.45) is 0.0312. The molecule has 0 bridgehead atoms. The molecule has 0 amide bonds. The average molecular weight is 242 g/mol. The first-order valence-corrected chi connectivity index (χ1v) is 6.41. The minimum Gasteiger partial charge on any atom is -0.605 e. The summed E-state index contributed by atoms with van der Waals surface area (Å²) in [5.41, 5.74) is 0.920. The first kappa shape index (κ1) is 14.6. The monoisotopic (exact) mass is 242 g/mol. The van der Waals surface area contributed by atoms with Crippen LogP contribution in [-0.4, -0.2) is 11.9 Å². The van der Waals surface area contributed by atoms with Gasteiger partial charge in [0.05, 0.1) is 5.95 Å². The number of benzene rings is 1. The fourth-order valence-electron chi connectivity index (χ4n) is 1.68. The number of ether oxygens (including phenoxy) is 1. The molecule has 0 saturated heterocycles. The van der Waals surface area contributed by atoms with Crippen LogP contribution in [0.5, 0.6) is 0 Å². The Hall–Kier alpha value is -0.493. The van der Waals surface area contributed by atoms with Gasteiger partial charge in [-0.05, 0) is 23.6 Å². The quantitative estimate of drug-likeness (QED) is 0.522. The Kier molecular flexibility index (Phi) is 5.52. The summed E-state index contributed by atoms with van der Waals surface area (Å²) in [5, 5.41) is 11.3. The third kappa shape index (κ3) is 3.48. The molecule has 1 aliphatic heterocycles. The first-order chi connectivity index (χ1) is 7.68. The molecule has 0 radical (unpaired) electrons. The third-order valence-corrected chi connectivity index (χ3v) is 3.64. The van der Waals surface area contributed by atoms with Gasteiger partial charge in [-0.3, -0.25) is 0 Å². The Labute approximate surface area is 119 Å². The molecule has 1 atom stereocenters. The Morgan fingerprint density at radius 2 is 1.94 bits per heavy atom. The van der Waals surface area contributed by atoms with E-state index in [-0.39, 0.29) is 30.9 Å². The standard InChI is InChI=1S/C13H16O2S.Li/c1-9(2)12-11(13(14)15-12)8-16-10-6-4-3-5-7-10;/h3-7,9,12,14H,8H2,1-2H3;/q;+1/p-1. The Morgan fingerprint density at radius 1 is 1.29 bits per heavy atom. The van der Waals surface area contributed by atoms with E-state index in [0.717, 1.165) is 11.3 Å². The molecule has 1 unspecified atom stereocenters. The van der Waals surface area contributed by atoms with Crippen LogP contribution in [0.4, 0.5) is 0 Å². The minimum absolute atomic E-state index is 0. The van der Waals surface area contributed by atoms with E-state index < -0.39 is 0 Å². The smallest absolute Gasteiger partial charge is 0.605 e. The summed E-state index contributed by atoms with van der Waals surface area (Å²) in [6, 6.07) is 10.1. The second kappa shape index (κ2) is 6.44. The van der Waals surface area contributed by atoms with Gasteiger partial charge in [-0.25, -0.2) is 0 Å². The second-order valence-electron chi connectivity index (χ2n) is 4.20. The topological polar surface area (TPSA) is 32.3 Å². The van der Waals surface area contributed by atoms with Crippen LogP contribution >= 0.6 is 11.8 Å². The number of hydrogen-bond acceptors (Lipinski definition) is 3. The third-order valence-electron chi connectivity index (χ3n) is 2.58. The van der Waals surface area contributed by atoms with Gasteiger partial charge >= 0.3 is 18.9 Å². The molecule has 0 N–H and O–H groups in total. The molecule has 4 heteroatoms. The van der Waals surface area contributed by atoms with E-state index in [1.807, 2.05) is 18.2 Å². The fourth-order valence-corrected chi connectivity index (χ4v) is 2.63. The van der Waals surface area contributed by atoms with Gasteiger partial charge in [0, 0.05) is 16.8 Å². The maximum absolute atomic E-state index is 11.3. The normalized spacial score (nSPS) is 18.4. The van der Waals surface area contributed by atoms with Gasteiger partial charge in [0.15, 0.2) is 0 Å². The number of thioether (sulfide) groups is 1. The predicted molar refractivity (Wildman–Crippen MR) is 63.9 cm³/mol. The van der Waals surface area contributed by atoms with Crippen LogP contribution in [0.2, 0.25) is 0 Å². The van der Waals surface area contributed by atoms with E-state index in [2.05, 4.69) is 26.0 Å². The van der Waals surface area contributed by atoms with Crippen LogP contribution in [0.1, 0.15) is 13.8 Å². The predicted octanol–water partition coefficient (Wildman–Crippen LogP) is -0.591. The van der Waals surface area contributed by atoms with Gasteiger partial charge < -0.3 is 9.84 Å². The zero-order chi connectivity index (χ0) is 11.5. The molecule has 1 aliphatic rings. The fraction of sp³-hybridized carbons (Fsp3) is 0.385. The van der Waals surface area contributed by atoms with Crippen molar-refractivity contribution in [2.24, 2.45) is 5.92 Å². The zero-order valence-electron chi connectivity index (χ0n) is 10.5. The first-order valence-electron chi connectivity index (χ1n) is 5.43. The summed E-state index contributed by atoms with van der Waals surface area (Å²) >= 11 is 1.69. The minimum atomic E-state index is -0.123. The molecule has 1 heterocycles. The van der Waals surface area contributed by atoms with Crippen molar-refractivity contribution in [2.75, 3.05) is 5.75 Å². The summed E-state index contributed by atoms with van der Waals surface area (Å²) in [7, 11) is 0. The molecule has 0 spiro atoms. The van der Waals surface area contributed by atoms with Crippen molar-refractivity contribution in [3.63, 3.8) is 0 Å². The van der Waals surface area contributed by atoms with E-state index in [9.17, 15) is 5.11 Å². The van der Waals surface area contributed by atoms with E-state index in [4.69, 9.17) is 4.74 Å². The van der Waals surface area contributed by atoms with Crippen molar-refractivity contribution in [3.05, 3.63) is 41.9 Å². The van der Waals surface area contributed by atoms with Gasteiger partial charge in [0.2, 0.25) is 0 Å². The molecule has 86 valence electrons. The van der Waals surface area contributed by atoms with Gasteiger partial charge in [-0.2, -0.15) is 0 Å². The Balaban J connectivity index is 0.00000144. The molecule has 17 heavy (non-hydrogen) atoms. The van der Waals surface area contributed by atoms with Crippen molar-refractivity contribution in [3.8, 4) is 0 Å². The molecule has 0 saturated carbocycles.